The highest BCUT2D eigenvalue weighted by atomic mass is 19.4. The summed E-state index contributed by atoms with van der Waals surface area (Å²) in [6, 6.07) is 4.90. The minimum Gasteiger partial charge on any atom is -0.453 e. The number of rotatable bonds is 7. The molecule has 0 fully saturated rings. The Morgan fingerprint density at radius 1 is 1.21 bits per heavy atom. The molecule has 2 N–H and O–H groups in total. The van der Waals surface area contributed by atoms with Crippen LogP contribution in [0.15, 0.2) is 24.3 Å². The van der Waals surface area contributed by atoms with Crippen molar-refractivity contribution in [2.24, 2.45) is 0 Å². The third-order valence-electron chi connectivity index (χ3n) is 3.03. The number of hydrogen-bond donors (Lipinski definition) is 2. The van der Waals surface area contributed by atoms with Crippen LogP contribution in [0.3, 0.4) is 0 Å². The van der Waals surface area contributed by atoms with E-state index in [-0.39, 0.29) is 24.1 Å². The first kappa shape index (κ1) is 19.6. The predicted molar refractivity (Wildman–Crippen MR) is 79.3 cm³/mol. The molecule has 0 heterocycles. The van der Waals surface area contributed by atoms with Gasteiger partial charge >= 0.3 is 12.5 Å². The summed E-state index contributed by atoms with van der Waals surface area (Å²) in [6.07, 6.45) is -4.67. The molecule has 1 atom stereocenters. The van der Waals surface area contributed by atoms with Gasteiger partial charge in [0.2, 0.25) is 5.91 Å². The van der Waals surface area contributed by atoms with Gasteiger partial charge < -0.3 is 20.1 Å². The summed E-state index contributed by atoms with van der Waals surface area (Å²) in [7, 11) is 1.24. The summed E-state index contributed by atoms with van der Waals surface area (Å²) >= 11 is 0. The molecule has 0 spiro atoms. The van der Waals surface area contributed by atoms with Crippen molar-refractivity contribution in [3.63, 3.8) is 0 Å². The maximum Gasteiger partial charge on any atom is 0.573 e. The molecule has 2 amide bonds. The summed E-state index contributed by atoms with van der Waals surface area (Å²) in [4.78, 5) is 22.6. The lowest BCUT2D eigenvalue weighted by Crippen LogP contribution is -2.29. The minimum atomic E-state index is -4.74. The number of nitrogens with one attached hydrogen (secondary N) is 2. The van der Waals surface area contributed by atoms with Crippen molar-refractivity contribution in [2.75, 3.05) is 13.7 Å². The number of benzene rings is 1. The predicted octanol–water partition coefficient (Wildman–Crippen LogP) is 2.90. The SMILES string of the molecule is COC(=O)NCCCC(=O)NC(C)c1ccc(OC(F)(F)F)cc1. The van der Waals surface area contributed by atoms with Crippen molar-refractivity contribution in [2.45, 2.75) is 32.2 Å². The first-order chi connectivity index (χ1) is 11.2. The summed E-state index contributed by atoms with van der Waals surface area (Å²) < 4.78 is 44.4. The third-order valence-corrected chi connectivity index (χ3v) is 3.03. The van der Waals surface area contributed by atoms with Gasteiger partial charge in [-0.3, -0.25) is 4.79 Å². The Kier molecular flexibility index (Phi) is 7.34. The third kappa shape index (κ3) is 7.70. The van der Waals surface area contributed by atoms with Gasteiger partial charge in [0.05, 0.1) is 13.2 Å². The molecule has 1 aromatic rings. The van der Waals surface area contributed by atoms with Crippen LogP contribution in [0.2, 0.25) is 0 Å². The molecule has 0 aliphatic rings. The molecule has 0 saturated heterocycles. The van der Waals surface area contributed by atoms with E-state index < -0.39 is 12.5 Å². The molecule has 1 unspecified atom stereocenters. The molecule has 24 heavy (non-hydrogen) atoms. The minimum absolute atomic E-state index is 0.198. The molecular formula is C15H19F3N2O4. The van der Waals surface area contributed by atoms with Gasteiger partial charge in [0.1, 0.15) is 5.75 Å². The topological polar surface area (TPSA) is 76.7 Å². The van der Waals surface area contributed by atoms with Gasteiger partial charge in [-0.05, 0) is 31.0 Å². The fraction of sp³-hybridized carbons (Fsp3) is 0.467. The van der Waals surface area contributed by atoms with E-state index in [0.717, 1.165) is 0 Å². The van der Waals surface area contributed by atoms with Gasteiger partial charge in [0.15, 0.2) is 0 Å². The zero-order chi connectivity index (χ0) is 18.2. The molecule has 0 radical (unpaired) electrons. The van der Waals surface area contributed by atoms with E-state index in [0.29, 0.717) is 18.5 Å². The Bertz CT molecular complexity index is 547. The van der Waals surface area contributed by atoms with Gasteiger partial charge in [-0.2, -0.15) is 0 Å². The van der Waals surface area contributed by atoms with E-state index in [1.807, 2.05) is 0 Å². The standard InChI is InChI=1S/C15H19F3N2O4/c1-10(20-13(21)4-3-9-19-14(22)23-2)11-5-7-12(8-6-11)24-15(16,17)18/h5-8,10H,3-4,9H2,1-2H3,(H,19,22)(H,20,21). The van der Waals surface area contributed by atoms with E-state index in [9.17, 15) is 22.8 Å². The second kappa shape index (κ2) is 8.99. The molecule has 1 rings (SSSR count). The summed E-state index contributed by atoms with van der Waals surface area (Å²) in [6.45, 7) is 2.02. The highest BCUT2D eigenvalue weighted by Crippen LogP contribution is 2.24. The van der Waals surface area contributed by atoms with Crippen molar-refractivity contribution < 1.29 is 32.2 Å². The van der Waals surface area contributed by atoms with E-state index in [2.05, 4.69) is 20.1 Å². The lowest BCUT2D eigenvalue weighted by Gasteiger charge is -2.15. The number of alkyl carbamates (subject to hydrolysis) is 1. The Hall–Kier alpha value is -2.45. The monoisotopic (exact) mass is 348 g/mol. The van der Waals surface area contributed by atoms with Crippen LogP contribution in [0.5, 0.6) is 5.75 Å². The van der Waals surface area contributed by atoms with Crippen molar-refractivity contribution in [3.8, 4) is 5.75 Å². The molecule has 1 aromatic carbocycles. The van der Waals surface area contributed by atoms with E-state index in [1.165, 1.54) is 31.4 Å². The molecule has 0 saturated carbocycles. The Balaban J connectivity index is 2.40. The maximum absolute atomic E-state index is 12.1. The van der Waals surface area contributed by atoms with Crippen molar-refractivity contribution in [1.82, 2.24) is 10.6 Å². The van der Waals surface area contributed by atoms with Gasteiger partial charge in [-0.25, -0.2) is 4.79 Å². The maximum atomic E-state index is 12.1. The van der Waals surface area contributed by atoms with Crippen LogP contribution in [0, 0.1) is 0 Å². The van der Waals surface area contributed by atoms with Gasteiger partial charge in [0.25, 0.3) is 0 Å². The van der Waals surface area contributed by atoms with Crippen molar-refractivity contribution in [3.05, 3.63) is 29.8 Å². The molecule has 134 valence electrons. The van der Waals surface area contributed by atoms with Crippen LogP contribution in [-0.4, -0.2) is 32.0 Å². The average molecular weight is 348 g/mol. The summed E-state index contributed by atoms with van der Waals surface area (Å²) in [5.74, 6) is -0.552. The van der Waals surface area contributed by atoms with Gasteiger partial charge in [-0.1, -0.05) is 12.1 Å². The molecule has 0 bridgehead atoms. The van der Waals surface area contributed by atoms with E-state index in [1.54, 1.807) is 6.92 Å². The second-order valence-corrected chi connectivity index (χ2v) is 4.93. The quantitative estimate of drug-likeness (QED) is 0.743. The van der Waals surface area contributed by atoms with Crippen molar-refractivity contribution >= 4 is 12.0 Å². The highest BCUT2D eigenvalue weighted by Gasteiger charge is 2.31. The van der Waals surface area contributed by atoms with Gasteiger partial charge in [0, 0.05) is 13.0 Å². The van der Waals surface area contributed by atoms with E-state index in [4.69, 9.17) is 0 Å². The van der Waals surface area contributed by atoms with Crippen LogP contribution < -0.4 is 15.4 Å². The lowest BCUT2D eigenvalue weighted by atomic mass is 10.1. The zero-order valence-electron chi connectivity index (χ0n) is 13.3. The van der Waals surface area contributed by atoms with Crippen molar-refractivity contribution in [1.29, 1.82) is 0 Å². The number of alkyl halides is 3. The molecule has 0 aliphatic heterocycles. The Morgan fingerprint density at radius 3 is 2.38 bits per heavy atom. The van der Waals surface area contributed by atoms with Crippen LogP contribution >= 0.6 is 0 Å². The number of carbonyl (C=O) groups excluding carboxylic acids is 2. The van der Waals surface area contributed by atoms with Crippen LogP contribution in [0.4, 0.5) is 18.0 Å². The zero-order valence-corrected chi connectivity index (χ0v) is 13.3. The average Bonchev–Trinajstić information content (AvgIpc) is 2.50. The number of hydrogen-bond acceptors (Lipinski definition) is 4. The lowest BCUT2D eigenvalue weighted by molar-refractivity contribution is -0.274. The second-order valence-electron chi connectivity index (χ2n) is 4.93. The number of amides is 2. The number of ether oxygens (including phenoxy) is 2. The summed E-state index contributed by atoms with van der Waals surface area (Å²) in [5, 5.41) is 5.17. The first-order valence-corrected chi connectivity index (χ1v) is 7.18. The van der Waals surface area contributed by atoms with Crippen LogP contribution in [-0.2, 0) is 9.53 Å². The fourth-order valence-corrected chi connectivity index (χ4v) is 1.87. The molecule has 0 aromatic heterocycles. The first-order valence-electron chi connectivity index (χ1n) is 7.18. The Morgan fingerprint density at radius 2 is 1.83 bits per heavy atom. The normalized spacial score (nSPS) is 12.2. The Labute approximate surface area is 137 Å². The van der Waals surface area contributed by atoms with Gasteiger partial charge in [-0.15, -0.1) is 13.2 Å². The summed E-state index contributed by atoms with van der Waals surface area (Å²) in [5.41, 5.74) is 0.644. The van der Waals surface area contributed by atoms with E-state index >= 15 is 0 Å². The number of methoxy groups -OCH3 is 1. The molecule has 9 heteroatoms. The fourth-order valence-electron chi connectivity index (χ4n) is 1.87. The smallest absolute Gasteiger partial charge is 0.453 e. The van der Waals surface area contributed by atoms with Crippen LogP contribution in [0.1, 0.15) is 31.4 Å². The molecule has 6 nitrogen and oxygen atoms in total. The number of carbonyl (C=O) groups is 2. The number of halogens is 3. The molecular weight excluding hydrogens is 329 g/mol. The largest absolute Gasteiger partial charge is 0.573 e. The highest BCUT2D eigenvalue weighted by molar-refractivity contribution is 5.76. The molecule has 0 aliphatic carbocycles. The van der Waals surface area contributed by atoms with Crippen LogP contribution in [0.25, 0.3) is 0 Å².